The molecule has 0 heterocycles. The van der Waals surface area contributed by atoms with Crippen molar-refractivity contribution in [2.45, 2.75) is 32.8 Å². The van der Waals surface area contributed by atoms with Crippen molar-refractivity contribution in [3.05, 3.63) is 42.5 Å². The van der Waals surface area contributed by atoms with E-state index in [1.807, 2.05) is 44.2 Å². The fourth-order valence-corrected chi connectivity index (χ4v) is 2.22. The van der Waals surface area contributed by atoms with Gasteiger partial charge in [-0.15, -0.1) is 0 Å². The second-order valence-corrected chi connectivity index (χ2v) is 5.22. The average molecular weight is 242 g/mol. The lowest BCUT2D eigenvalue weighted by Gasteiger charge is -2.26. The van der Waals surface area contributed by atoms with E-state index in [9.17, 15) is 4.79 Å². The summed E-state index contributed by atoms with van der Waals surface area (Å²) < 4.78 is 6.01. The summed E-state index contributed by atoms with van der Waals surface area (Å²) in [4.78, 5) is 11.2. The molecule has 0 bridgehead atoms. The Morgan fingerprint density at radius 1 is 1.11 bits per heavy atom. The number of rotatable bonds is 4. The Hall–Kier alpha value is -1.83. The second kappa shape index (κ2) is 4.81. The lowest BCUT2D eigenvalue weighted by Crippen LogP contribution is -2.30. The third-order valence-electron chi connectivity index (χ3n) is 2.81. The molecule has 0 saturated heterocycles. The van der Waals surface area contributed by atoms with Crippen LogP contribution in [0.4, 0.5) is 0 Å². The molecule has 2 heteroatoms. The van der Waals surface area contributed by atoms with Crippen LogP contribution in [0.15, 0.2) is 42.5 Å². The van der Waals surface area contributed by atoms with E-state index in [0.29, 0.717) is 6.42 Å². The predicted molar refractivity (Wildman–Crippen MR) is 74.0 cm³/mol. The summed E-state index contributed by atoms with van der Waals surface area (Å²) in [6.45, 7) is 5.47. The maximum Gasteiger partial charge on any atom is 0.133 e. The Kier molecular flexibility index (Phi) is 3.37. The van der Waals surface area contributed by atoms with Crippen molar-refractivity contribution >= 4 is 16.6 Å². The minimum absolute atomic E-state index is 0.139. The number of carbonyl (C=O) groups is 1. The van der Waals surface area contributed by atoms with E-state index in [0.717, 1.165) is 16.5 Å². The number of benzene rings is 2. The van der Waals surface area contributed by atoms with E-state index in [-0.39, 0.29) is 5.78 Å². The molecule has 0 N–H and O–H groups in total. The molecule has 2 aromatic carbocycles. The number of hydrogen-bond acceptors (Lipinski definition) is 2. The fourth-order valence-electron chi connectivity index (χ4n) is 2.22. The first kappa shape index (κ1) is 12.6. The van der Waals surface area contributed by atoms with Crippen molar-refractivity contribution < 1.29 is 9.53 Å². The van der Waals surface area contributed by atoms with Gasteiger partial charge in [-0.05, 0) is 32.2 Å². The van der Waals surface area contributed by atoms with Gasteiger partial charge in [0.15, 0.2) is 0 Å². The van der Waals surface area contributed by atoms with Crippen molar-refractivity contribution in [2.75, 3.05) is 0 Å². The number of ether oxygens (including phenoxy) is 1. The Labute approximate surface area is 108 Å². The van der Waals surface area contributed by atoms with Crippen LogP contribution >= 0.6 is 0 Å². The van der Waals surface area contributed by atoms with Crippen molar-refractivity contribution in [1.82, 2.24) is 0 Å². The van der Waals surface area contributed by atoms with Crippen molar-refractivity contribution in [3.8, 4) is 5.75 Å². The molecule has 0 aliphatic carbocycles. The molecule has 0 aliphatic rings. The quantitative estimate of drug-likeness (QED) is 0.810. The van der Waals surface area contributed by atoms with E-state index in [1.165, 1.54) is 0 Å². The van der Waals surface area contributed by atoms with E-state index >= 15 is 0 Å². The maximum atomic E-state index is 11.2. The lowest BCUT2D eigenvalue weighted by molar-refractivity contribution is -0.120. The third kappa shape index (κ3) is 2.89. The van der Waals surface area contributed by atoms with E-state index in [1.54, 1.807) is 6.92 Å². The predicted octanol–water partition coefficient (Wildman–Crippen LogP) is 3.98. The van der Waals surface area contributed by atoms with Gasteiger partial charge in [0.25, 0.3) is 0 Å². The molecular formula is C16H18O2. The maximum absolute atomic E-state index is 11.2. The first-order chi connectivity index (χ1) is 8.48. The normalized spacial score (nSPS) is 11.5. The molecule has 2 aromatic rings. The van der Waals surface area contributed by atoms with Crippen molar-refractivity contribution in [3.63, 3.8) is 0 Å². The Morgan fingerprint density at radius 3 is 2.50 bits per heavy atom. The van der Waals surface area contributed by atoms with Crippen LogP contribution in [0.3, 0.4) is 0 Å². The molecule has 0 fully saturated rings. The highest BCUT2D eigenvalue weighted by Crippen LogP contribution is 2.29. The zero-order valence-corrected chi connectivity index (χ0v) is 11.1. The molecule has 0 atom stereocenters. The van der Waals surface area contributed by atoms with Gasteiger partial charge in [-0.3, -0.25) is 4.79 Å². The fraction of sp³-hybridized carbons (Fsp3) is 0.312. The molecule has 18 heavy (non-hydrogen) atoms. The number of carbonyl (C=O) groups excluding carboxylic acids is 1. The topological polar surface area (TPSA) is 26.3 Å². The smallest absolute Gasteiger partial charge is 0.133 e. The van der Waals surface area contributed by atoms with E-state index < -0.39 is 5.60 Å². The summed E-state index contributed by atoms with van der Waals surface area (Å²) in [5.74, 6) is 0.972. The average Bonchev–Trinajstić information content (AvgIpc) is 2.27. The largest absolute Gasteiger partial charge is 0.487 e. The second-order valence-electron chi connectivity index (χ2n) is 5.22. The highest BCUT2D eigenvalue weighted by atomic mass is 16.5. The van der Waals surface area contributed by atoms with Gasteiger partial charge in [-0.25, -0.2) is 0 Å². The molecule has 94 valence electrons. The van der Waals surface area contributed by atoms with Gasteiger partial charge < -0.3 is 4.74 Å². The third-order valence-corrected chi connectivity index (χ3v) is 2.81. The van der Waals surface area contributed by atoms with Crippen LogP contribution in [0.2, 0.25) is 0 Å². The molecule has 0 amide bonds. The van der Waals surface area contributed by atoms with Gasteiger partial charge in [0.05, 0.1) is 0 Å². The lowest BCUT2D eigenvalue weighted by atomic mass is 10.0. The van der Waals surface area contributed by atoms with Gasteiger partial charge >= 0.3 is 0 Å². The summed E-state index contributed by atoms with van der Waals surface area (Å²) >= 11 is 0. The monoisotopic (exact) mass is 242 g/mol. The highest BCUT2D eigenvalue weighted by Gasteiger charge is 2.22. The summed E-state index contributed by atoms with van der Waals surface area (Å²) in [6.07, 6.45) is 0.413. The van der Waals surface area contributed by atoms with Gasteiger partial charge in [0.2, 0.25) is 0 Å². The molecule has 0 spiro atoms. The first-order valence-electron chi connectivity index (χ1n) is 6.14. The zero-order valence-electron chi connectivity index (χ0n) is 11.1. The van der Waals surface area contributed by atoms with Gasteiger partial charge in [0, 0.05) is 11.8 Å². The minimum atomic E-state index is -0.476. The molecular weight excluding hydrogens is 224 g/mol. The summed E-state index contributed by atoms with van der Waals surface area (Å²) in [6, 6.07) is 14.1. The van der Waals surface area contributed by atoms with E-state index in [2.05, 4.69) is 12.1 Å². The highest BCUT2D eigenvalue weighted by molar-refractivity contribution is 5.88. The van der Waals surface area contributed by atoms with Crippen LogP contribution in [0.1, 0.15) is 27.2 Å². The van der Waals surface area contributed by atoms with E-state index in [4.69, 9.17) is 4.74 Å². The van der Waals surface area contributed by atoms with Gasteiger partial charge in [0.1, 0.15) is 17.1 Å². The molecule has 0 aromatic heterocycles. The van der Waals surface area contributed by atoms with Crippen LogP contribution in [0.25, 0.3) is 10.8 Å². The molecule has 0 saturated carbocycles. The minimum Gasteiger partial charge on any atom is -0.487 e. The zero-order chi connectivity index (χ0) is 13.2. The van der Waals surface area contributed by atoms with Crippen molar-refractivity contribution in [2.24, 2.45) is 0 Å². The van der Waals surface area contributed by atoms with Crippen LogP contribution in [0, 0.1) is 0 Å². The van der Waals surface area contributed by atoms with Gasteiger partial charge in [-0.2, -0.15) is 0 Å². The van der Waals surface area contributed by atoms with Crippen molar-refractivity contribution in [1.29, 1.82) is 0 Å². The van der Waals surface area contributed by atoms with Crippen LogP contribution in [-0.4, -0.2) is 11.4 Å². The van der Waals surface area contributed by atoms with Crippen LogP contribution < -0.4 is 4.74 Å². The van der Waals surface area contributed by atoms with Crippen LogP contribution in [0.5, 0.6) is 5.75 Å². The summed E-state index contributed by atoms with van der Waals surface area (Å²) in [7, 11) is 0. The van der Waals surface area contributed by atoms with Gasteiger partial charge in [-0.1, -0.05) is 36.4 Å². The Morgan fingerprint density at radius 2 is 1.78 bits per heavy atom. The Bertz CT molecular complexity index is 565. The molecule has 2 nitrogen and oxygen atoms in total. The first-order valence-corrected chi connectivity index (χ1v) is 6.14. The molecule has 0 aliphatic heterocycles. The number of fused-ring (bicyclic) bond motifs is 1. The van der Waals surface area contributed by atoms with Crippen LogP contribution in [-0.2, 0) is 4.79 Å². The standard InChI is InChI=1S/C16H18O2/c1-12(17)11-16(2,3)18-15-10-6-8-13-7-4-5-9-14(13)15/h4-10H,11H2,1-3H3. The molecule has 2 rings (SSSR count). The number of ketones is 1. The molecule has 0 radical (unpaired) electrons. The summed E-state index contributed by atoms with van der Waals surface area (Å²) in [5, 5.41) is 2.23. The SMILES string of the molecule is CC(=O)CC(C)(C)Oc1cccc2ccccc12. The Balaban J connectivity index is 2.34. The summed E-state index contributed by atoms with van der Waals surface area (Å²) in [5.41, 5.74) is -0.476. The number of Topliss-reactive ketones (excluding diaryl/α,β-unsaturated/α-hetero) is 1. The molecule has 0 unspecified atom stereocenters. The number of hydrogen-bond donors (Lipinski definition) is 0.